The molecule has 0 aliphatic carbocycles. The van der Waals surface area contributed by atoms with Crippen LogP contribution in [-0.2, 0) is 0 Å². The average molecular weight is 328 g/mol. The van der Waals surface area contributed by atoms with Crippen LogP contribution in [0.3, 0.4) is 0 Å². The first-order chi connectivity index (χ1) is 8.65. The molecule has 1 aromatic carbocycles. The minimum Gasteiger partial charge on any atom is -0.496 e. The molecule has 3 nitrogen and oxygen atoms in total. The second kappa shape index (κ2) is 5.73. The van der Waals surface area contributed by atoms with E-state index < -0.39 is 0 Å². The van der Waals surface area contributed by atoms with E-state index in [4.69, 9.17) is 15.2 Å². The van der Waals surface area contributed by atoms with Crippen molar-refractivity contribution in [2.45, 2.75) is 6.04 Å². The molecule has 0 aliphatic heterocycles. The Morgan fingerprint density at radius 3 is 2.61 bits per heavy atom. The maximum absolute atomic E-state index is 6.28. The van der Waals surface area contributed by atoms with Gasteiger partial charge in [0, 0.05) is 20.3 Å². The molecule has 2 rings (SSSR count). The fourth-order valence-corrected chi connectivity index (χ4v) is 2.96. The van der Waals surface area contributed by atoms with E-state index in [0.717, 1.165) is 26.4 Å². The fraction of sp³-hybridized carbons (Fsp3) is 0.231. The van der Waals surface area contributed by atoms with Gasteiger partial charge in [-0.2, -0.15) is 0 Å². The standard InChI is InChI=1S/C13H14BrNO2S/c1-16-9-6-12(18-7-9)13(15)10-5-8(14)3-4-11(10)17-2/h3-7,13H,15H2,1-2H3. The van der Waals surface area contributed by atoms with Crippen molar-refractivity contribution < 1.29 is 9.47 Å². The lowest BCUT2D eigenvalue weighted by Crippen LogP contribution is -2.11. The van der Waals surface area contributed by atoms with Gasteiger partial charge >= 0.3 is 0 Å². The number of hydrogen-bond donors (Lipinski definition) is 1. The van der Waals surface area contributed by atoms with Crippen molar-refractivity contribution in [1.29, 1.82) is 0 Å². The summed E-state index contributed by atoms with van der Waals surface area (Å²) >= 11 is 5.03. The number of ether oxygens (including phenoxy) is 2. The maximum atomic E-state index is 6.28. The van der Waals surface area contributed by atoms with E-state index in [1.165, 1.54) is 0 Å². The van der Waals surface area contributed by atoms with E-state index in [-0.39, 0.29) is 6.04 Å². The number of halogens is 1. The molecule has 1 atom stereocenters. The second-order valence-electron chi connectivity index (χ2n) is 3.75. The second-order valence-corrected chi connectivity index (χ2v) is 5.61. The van der Waals surface area contributed by atoms with Crippen molar-refractivity contribution in [3.8, 4) is 11.5 Å². The molecule has 5 heteroatoms. The molecule has 0 saturated carbocycles. The molecular weight excluding hydrogens is 314 g/mol. The molecule has 0 radical (unpaired) electrons. The summed E-state index contributed by atoms with van der Waals surface area (Å²) in [4.78, 5) is 1.04. The van der Waals surface area contributed by atoms with Gasteiger partial charge in [0.05, 0.1) is 20.3 Å². The van der Waals surface area contributed by atoms with Crippen LogP contribution in [-0.4, -0.2) is 14.2 Å². The fourth-order valence-electron chi connectivity index (χ4n) is 1.71. The van der Waals surface area contributed by atoms with Crippen molar-refractivity contribution in [2.24, 2.45) is 5.73 Å². The van der Waals surface area contributed by atoms with Crippen LogP contribution >= 0.6 is 27.3 Å². The minimum absolute atomic E-state index is 0.216. The number of hydrogen-bond acceptors (Lipinski definition) is 4. The summed E-state index contributed by atoms with van der Waals surface area (Å²) in [5.74, 6) is 1.62. The lowest BCUT2D eigenvalue weighted by atomic mass is 10.1. The van der Waals surface area contributed by atoms with Crippen molar-refractivity contribution in [1.82, 2.24) is 0 Å². The van der Waals surface area contributed by atoms with Crippen LogP contribution in [0.2, 0.25) is 0 Å². The zero-order valence-electron chi connectivity index (χ0n) is 10.1. The third-order valence-electron chi connectivity index (χ3n) is 2.66. The van der Waals surface area contributed by atoms with E-state index in [1.54, 1.807) is 25.6 Å². The van der Waals surface area contributed by atoms with Crippen LogP contribution in [0, 0.1) is 0 Å². The molecule has 0 amide bonds. The Balaban J connectivity index is 2.38. The van der Waals surface area contributed by atoms with Gasteiger partial charge in [0.25, 0.3) is 0 Å². The smallest absolute Gasteiger partial charge is 0.129 e. The normalized spacial score (nSPS) is 12.2. The van der Waals surface area contributed by atoms with E-state index in [9.17, 15) is 0 Å². The number of benzene rings is 1. The van der Waals surface area contributed by atoms with Gasteiger partial charge < -0.3 is 15.2 Å². The van der Waals surface area contributed by atoms with Gasteiger partial charge in [-0.05, 0) is 24.3 Å². The van der Waals surface area contributed by atoms with Gasteiger partial charge in [0.2, 0.25) is 0 Å². The molecule has 0 aliphatic rings. The average Bonchev–Trinajstić information content (AvgIpc) is 2.86. The Bertz CT molecular complexity index is 542. The largest absolute Gasteiger partial charge is 0.496 e. The maximum Gasteiger partial charge on any atom is 0.129 e. The molecule has 1 aromatic heterocycles. The predicted molar refractivity (Wildman–Crippen MR) is 77.6 cm³/mol. The highest BCUT2D eigenvalue weighted by Gasteiger charge is 2.16. The first-order valence-corrected chi connectivity index (χ1v) is 7.04. The number of methoxy groups -OCH3 is 2. The Morgan fingerprint density at radius 2 is 2.00 bits per heavy atom. The summed E-state index contributed by atoms with van der Waals surface area (Å²) in [5.41, 5.74) is 7.24. The molecule has 1 heterocycles. The number of thiophene rings is 1. The zero-order chi connectivity index (χ0) is 13.1. The van der Waals surface area contributed by atoms with Crippen LogP contribution in [0.25, 0.3) is 0 Å². The summed E-state index contributed by atoms with van der Waals surface area (Å²) in [5, 5.41) is 1.94. The quantitative estimate of drug-likeness (QED) is 0.933. The summed E-state index contributed by atoms with van der Waals surface area (Å²) in [7, 11) is 3.30. The lowest BCUT2D eigenvalue weighted by molar-refractivity contribution is 0.407. The Labute approximate surface area is 119 Å². The van der Waals surface area contributed by atoms with E-state index in [0.29, 0.717) is 0 Å². The van der Waals surface area contributed by atoms with E-state index in [2.05, 4.69) is 15.9 Å². The summed E-state index contributed by atoms with van der Waals surface area (Å²) < 4.78 is 11.5. The van der Waals surface area contributed by atoms with Gasteiger partial charge in [-0.25, -0.2) is 0 Å². The van der Waals surface area contributed by atoms with Crippen molar-refractivity contribution in [2.75, 3.05) is 14.2 Å². The zero-order valence-corrected chi connectivity index (χ0v) is 12.5. The number of nitrogens with two attached hydrogens (primary N) is 1. The highest BCUT2D eigenvalue weighted by atomic mass is 79.9. The summed E-state index contributed by atoms with van der Waals surface area (Å²) in [6.07, 6.45) is 0. The van der Waals surface area contributed by atoms with Gasteiger partial charge in [-0.3, -0.25) is 0 Å². The van der Waals surface area contributed by atoms with Crippen LogP contribution in [0.1, 0.15) is 16.5 Å². The topological polar surface area (TPSA) is 44.5 Å². The molecule has 0 bridgehead atoms. The molecule has 18 heavy (non-hydrogen) atoms. The monoisotopic (exact) mass is 327 g/mol. The third kappa shape index (κ3) is 2.68. The molecule has 2 N–H and O–H groups in total. The van der Waals surface area contributed by atoms with Crippen LogP contribution in [0.15, 0.2) is 34.1 Å². The van der Waals surface area contributed by atoms with Gasteiger partial charge in [0.15, 0.2) is 0 Å². The Kier molecular flexibility index (Phi) is 4.27. The van der Waals surface area contributed by atoms with Crippen LogP contribution in [0.5, 0.6) is 11.5 Å². The van der Waals surface area contributed by atoms with Crippen LogP contribution in [0.4, 0.5) is 0 Å². The number of rotatable bonds is 4. The van der Waals surface area contributed by atoms with Crippen molar-refractivity contribution in [3.05, 3.63) is 44.6 Å². The Hall–Kier alpha value is -1.04. The first kappa shape index (κ1) is 13.4. The first-order valence-electron chi connectivity index (χ1n) is 5.37. The molecule has 0 fully saturated rings. The predicted octanol–water partition coefficient (Wildman–Crippen LogP) is 3.58. The molecular formula is C13H14BrNO2S. The third-order valence-corrected chi connectivity index (χ3v) is 4.15. The molecule has 2 aromatic rings. The highest BCUT2D eigenvalue weighted by Crippen LogP contribution is 2.35. The van der Waals surface area contributed by atoms with Crippen molar-refractivity contribution >= 4 is 27.3 Å². The Morgan fingerprint density at radius 1 is 1.22 bits per heavy atom. The molecule has 96 valence electrons. The minimum atomic E-state index is -0.216. The molecule has 0 saturated heterocycles. The van der Waals surface area contributed by atoms with Crippen molar-refractivity contribution in [3.63, 3.8) is 0 Å². The molecule has 0 spiro atoms. The molecule has 1 unspecified atom stereocenters. The van der Waals surface area contributed by atoms with Gasteiger partial charge in [-0.15, -0.1) is 11.3 Å². The van der Waals surface area contributed by atoms with E-state index >= 15 is 0 Å². The summed E-state index contributed by atoms with van der Waals surface area (Å²) in [6.45, 7) is 0. The van der Waals surface area contributed by atoms with E-state index in [1.807, 2.05) is 29.6 Å². The highest BCUT2D eigenvalue weighted by molar-refractivity contribution is 9.10. The van der Waals surface area contributed by atoms with Gasteiger partial charge in [0.1, 0.15) is 11.5 Å². The lowest BCUT2D eigenvalue weighted by Gasteiger charge is -2.14. The van der Waals surface area contributed by atoms with Gasteiger partial charge in [-0.1, -0.05) is 15.9 Å². The van der Waals surface area contributed by atoms with Crippen LogP contribution < -0.4 is 15.2 Å². The SMILES string of the molecule is COc1csc(C(N)c2cc(Br)ccc2OC)c1. The summed E-state index contributed by atoms with van der Waals surface area (Å²) in [6, 6.07) is 7.56.